The molecule has 118 valence electrons. The van der Waals surface area contributed by atoms with Crippen molar-refractivity contribution < 1.29 is 27.5 Å². The molecule has 3 rings (SSSR count). The number of allylic oxidation sites excluding steroid dienone is 1. The summed E-state index contributed by atoms with van der Waals surface area (Å²) in [5.74, 6) is -0.938. The summed E-state index contributed by atoms with van der Waals surface area (Å²) in [6.45, 7) is 0.455. The minimum atomic E-state index is -4.56. The molecule has 3 nitrogen and oxygen atoms in total. The zero-order valence-electron chi connectivity index (χ0n) is 11.4. The smallest absolute Gasteiger partial charge is 0.416 e. The fourth-order valence-corrected chi connectivity index (χ4v) is 3.29. The van der Waals surface area contributed by atoms with Crippen molar-refractivity contribution >= 4 is 11.7 Å². The fraction of sp³-hybridized carbons (Fsp3) is 0.400. The summed E-state index contributed by atoms with van der Waals surface area (Å²) in [6, 6.07) is 2.43. The van der Waals surface area contributed by atoms with E-state index in [-0.39, 0.29) is 30.5 Å². The van der Waals surface area contributed by atoms with Crippen molar-refractivity contribution in [3.8, 4) is 0 Å². The zero-order valence-corrected chi connectivity index (χ0v) is 11.4. The number of halogens is 4. The summed E-state index contributed by atoms with van der Waals surface area (Å²) in [5, 5.41) is 10.8. The van der Waals surface area contributed by atoms with Crippen LogP contribution in [0.4, 0.5) is 22.4 Å². The van der Waals surface area contributed by atoms with Gasteiger partial charge in [0.15, 0.2) is 0 Å². The first-order valence-electron chi connectivity index (χ1n) is 6.79. The number of carboxylic acid groups (broad SMARTS) is 1. The summed E-state index contributed by atoms with van der Waals surface area (Å²) < 4.78 is 52.5. The van der Waals surface area contributed by atoms with Gasteiger partial charge in [0.05, 0.1) is 5.56 Å². The van der Waals surface area contributed by atoms with Gasteiger partial charge in [-0.3, -0.25) is 0 Å². The zero-order chi connectivity index (χ0) is 16.1. The second-order valence-corrected chi connectivity index (χ2v) is 5.68. The van der Waals surface area contributed by atoms with Gasteiger partial charge in [-0.1, -0.05) is 6.08 Å². The summed E-state index contributed by atoms with van der Waals surface area (Å²) in [4.78, 5) is 12.0. The number of nitrogens with zero attached hydrogens (tertiary/aromatic N) is 1. The predicted octanol–water partition coefficient (Wildman–Crippen LogP) is 2.52. The first kappa shape index (κ1) is 14.9. The number of alkyl halides is 3. The molecule has 2 aliphatic rings. The quantitative estimate of drug-likeness (QED) is 0.748. The number of benzene rings is 1. The van der Waals surface area contributed by atoms with Crippen LogP contribution in [0.25, 0.3) is 5.57 Å². The van der Waals surface area contributed by atoms with E-state index in [1.54, 1.807) is 6.08 Å². The highest BCUT2D eigenvalue weighted by Gasteiger charge is 2.40. The number of carbonyl (C=O) groups is 1. The number of hydrogen-bond donors (Lipinski definition) is 0. The number of hydrogen-bond acceptors (Lipinski definition) is 2. The van der Waals surface area contributed by atoms with Crippen molar-refractivity contribution in [2.75, 3.05) is 13.1 Å². The largest absolute Gasteiger partial charge is 0.530 e. The predicted molar refractivity (Wildman–Crippen MR) is 67.9 cm³/mol. The van der Waals surface area contributed by atoms with Crippen molar-refractivity contribution in [1.82, 2.24) is 4.90 Å². The van der Waals surface area contributed by atoms with Crippen molar-refractivity contribution in [1.29, 1.82) is 0 Å². The van der Waals surface area contributed by atoms with E-state index in [1.165, 1.54) is 0 Å². The molecule has 7 heteroatoms. The van der Waals surface area contributed by atoms with Crippen LogP contribution in [0.2, 0.25) is 0 Å². The Morgan fingerprint density at radius 2 is 2.00 bits per heavy atom. The van der Waals surface area contributed by atoms with E-state index in [4.69, 9.17) is 0 Å². The van der Waals surface area contributed by atoms with Gasteiger partial charge in [0.25, 0.3) is 0 Å². The van der Waals surface area contributed by atoms with Gasteiger partial charge in [0, 0.05) is 13.1 Å². The lowest BCUT2D eigenvalue weighted by Crippen LogP contribution is -2.39. The standard InChI is InChI=1S/C15H13F4NO2/c16-11-1-2-13(15(17,18)19)12(5-11)8-3-9-6-20(14(21)22)7-10(9)4-8/h1-3,5,9-10H,4,6-7H2,(H,21,22)/p-1. The van der Waals surface area contributed by atoms with Crippen molar-refractivity contribution in [3.63, 3.8) is 0 Å². The maximum absolute atomic E-state index is 13.4. The van der Waals surface area contributed by atoms with Gasteiger partial charge >= 0.3 is 6.18 Å². The lowest BCUT2D eigenvalue weighted by molar-refractivity contribution is -0.264. The molecular weight excluding hydrogens is 302 g/mol. The Balaban J connectivity index is 1.93. The molecule has 1 saturated heterocycles. The van der Waals surface area contributed by atoms with Crippen molar-refractivity contribution in [2.24, 2.45) is 11.8 Å². The summed E-state index contributed by atoms with van der Waals surface area (Å²) in [5.41, 5.74) is -0.585. The van der Waals surface area contributed by atoms with Crippen LogP contribution >= 0.6 is 0 Å². The van der Waals surface area contributed by atoms with Crippen LogP contribution in [-0.4, -0.2) is 24.1 Å². The van der Waals surface area contributed by atoms with E-state index in [9.17, 15) is 27.5 Å². The molecule has 0 radical (unpaired) electrons. The topological polar surface area (TPSA) is 43.4 Å². The van der Waals surface area contributed by atoms with E-state index in [0.717, 1.165) is 23.1 Å². The Morgan fingerprint density at radius 1 is 1.27 bits per heavy atom. The average Bonchev–Trinajstić information content (AvgIpc) is 2.94. The van der Waals surface area contributed by atoms with E-state index < -0.39 is 23.7 Å². The first-order valence-corrected chi connectivity index (χ1v) is 6.79. The molecule has 1 aliphatic carbocycles. The SMILES string of the molecule is O=C([O-])N1CC2C=C(c3cc(F)ccc3C(F)(F)F)CC2C1. The molecule has 0 bridgehead atoms. The Hall–Kier alpha value is -2.05. The van der Waals surface area contributed by atoms with Crippen LogP contribution in [0.1, 0.15) is 17.5 Å². The van der Waals surface area contributed by atoms with E-state index in [1.807, 2.05) is 0 Å². The minimum Gasteiger partial charge on any atom is -0.530 e. The number of likely N-dealkylation sites (tertiary alicyclic amines) is 1. The maximum atomic E-state index is 13.4. The number of amides is 1. The number of rotatable bonds is 1. The molecule has 1 aliphatic heterocycles. The Morgan fingerprint density at radius 3 is 2.59 bits per heavy atom. The van der Waals surface area contributed by atoms with Crippen LogP contribution in [0.5, 0.6) is 0 Å². The van der Waals surface area contributed by atoms with Crippen LogP contribution in [-0.2, 0) is 6.18 Å². The molecule has 22 heavy (non-hydrogen) atoms. The molecule has 1 heterocycles. The van der Waals surface area contributed by atoms with Gasteiger partial charge in [-0.05, 0) is 47.6 Å². The Bertz CT molecular complexity index is 653. The van der Waals surface area contributed by atoms with Crippen LogP contribution in [0, 0.1) is 17.7 Å². The van der Waals surface area contributed by atoms with Crippen LogP contribution < -0.4 is 5.11 Å². The highest BCUT2D eigenvalue weighted by Crippen LogP contribution is 2.44. The van der Waals surface area contributed by atoms with E-state index >= 15 is 0 Å². The van der Waals surface area contributed by atoms with Gasteiger partial charge in [-0.15, -0.1) is 0 Å². The second-order valence-electron chi connectivity index (χ2n) is 5.68. The number of fused-ring (bicyclic) bond motifs is 1. The normalized spacial score (nSPS) is 24.4. The van der Waals surface area contributed by atoms with Gasteiger partial charge in [0.2, 0.25) is 0 Å². The molecule has 2 unspecified atom stereocenters. The van der Waals surface area contributed by atoms with Crippen molar-refractivity contribution in [3.05, 3.63) is 41.2 Å². The third-order valence-corrected chi connectivity index (χ3v) is 4.28. The molecular formula is C15H12F4NO2-. The third-order valence-electron chi connectivity index (χ3n) is 4.28. The van der Waals surface area contributed by atoms with Gasteiger partial charge in [0.1, 0.15) is 11.9 Å². The van der Waals surface area contributed by atoms with Gasteiger partial charge in [-0.2, -0.15) is 13.2 Å². The minimum absolute atomic E-state index is 0.0720. The molecule has 1 aromatic carbocycles. The summed E-state index contributed by atoms with van der Waals surface area (Å²) in [7, 11) is 0. The lowest BCUT2D eigenvalue weighted by Gasteiger charge is -2.20. The summed E-state index contributed by atoms with van der Waals surface area (Å²) in [6.07, 6.45) is -3.89. The van der Waals surface area contributed by atoms with Crippen LogP contribution in [0.15, 0.2) is 24.3 Å². The molecule has 0 spiro atoms. The molecule has 0 aromatic heterocycles. The van der Waals surface area contributed by atoms with Gasteiger partial charge in [-0.25, -0.2) is 4.39 Å². The molecule has 2 atom stereocenters. The fourth-order valence-electron chi connectivity index (χ4n) is 3.29. The van der Waals surface area contributed by atoms with Crippen molar-refractivity contribution in [2.45, 2.75) is 12.6 Å². The molecule has 1 fully saturated rings. The molecule has 1 aromatic rings. The van der Waals surface area contributed by atoms with E-state index in [0.29, 0.717) is 12.0 Å². The highest BCUT2D eigenvalue weighted by molar-refractivity contribution is 5.72. The monoisotopic (exact) mass is 314 g/mol. The Kier molecular flexibility index (Phi) is 3.38. The van der Waals surface area contributed by atoms with Gasteiger partial charge < -0.3 is 14.8 Å². The Labute approximate surface area is 123 Å². The van der Waals surface area contributed by atoms with Crippen LogP contribution in [0.3, 0.4) is 0 Å². The molecule has 0 N–H and O–H groups in total. The maximum Gasteiger partial charge on any atom is 0.416 e. The first-order chi connectivity index (χ1) is 10.3. The second kappa shape index (κ2) is 5.00. The third kappa shape index (κ3) is 2.55. The highest BCUT2D eigenvalue weighted by atomic mass is 19.4. The molecule has 0 saturated carbocycles. The van der Waals surface area contributed by atoms with E-state index in [2.05, 4.69) is 0 Å². The average molecular weight is 314 g/mol. The number of carbonyl (C=O) groups excluding carboxylic acids is 1. The lowest BCUT2D eigenvalue weighted by atomic mass is 9.95. The summed E-state index contributed by atoms with van der Waals surface area (Å²) >= 11 is 0. The molecule has 1 amide bonds.